The highest BCUT2D eigenvalue weighted by molar-refractivity contribution is 7.20. The molecule has 28 heavy (non-hydrogen) atoms. The van der Waals surface area contributed by atoms with Gasteiger partial charge in [0.2, 0.25) is 11.7 Å². The number of ketones is 1. The molecular formula is C21H25N3O3S. The van der Waals surface area contributed by atoms with E-state index in [0.717, 1.165) is 54.2 Å². The number of hydrogen-bond donors (Lipinski definition) is 1. The predicted octanol–water partition coefficient (Wildman–Crippen LogP) is 3.41. The second kappa shape index (κ2) is 8.43. The molecule has 1 aliphatic heterocycles. The minimum absolute atomic E-state index is 0.000821. The van der Waals surface area contributed by atoms with Crippen LogP contribution in [-0.2, 0) is 11.3 Å². The van der Waals surface area contributed by atoms with Gasteiger partial charge in [-0.25, -0.2) is 4.98 Å². The molecule has 0 aromatic carbocycles. The number of nitrogens with one attached hydrogen (secondary N) is 1. The third-order valence-electron chi connectivity index (χ3n) is 5.20. The molecule has 0 amide bonds. The highest BCUT2D eigenvalue weighted by Crippen LogP contribution is 2.30. The first-order chi connectivity index (χ1) is 13.7. The van der Waals surface area contributed by atoms with Gasteiger partial charge in [0.1, 0.15) is 4.83 Å². The lowest BCUT2D eigenvalue weighted by Crippen LogP contribution is -2.36. The Balaban J connectivity index is 1.48. The molecule has 1 aliphatic rings. The second-order valence-corrected chi connectivity index (χ2v) is 8.10. The van der Waals surface area contributed by atoms with Crippen molar-refractivity contribution in [2.24, 2.45) is 0 Å². The number of hydrogen-bond acceptors (Lipinski definition) is 6. The fourth-order valence-electron chi connectivity index (χ4n) is 3.62. The molecule has 0 radical (unpaired) electrons. The molecule has 7 heteroatoms. The Kier molecular flexibility index (Phi) is 5.75. The zero-order valence-corrected chi connectivity index (χ0v) is 17.1. The van der Waals surface area contributed by atoms with Gasteiger partial charge >= 0.3 is 0 Å². The van der Waals surface area contributed by atoms with Crippen LogP contribution in [0.5, 0.6) is 5.88 Å². The lowest BCUT2D eigenvalue weighted by molar-refractivity contribution is 0.0779. The number of aryl methyl sites for hydroxylation is 1. The zero-order valence-electron chi connectivity index (χ0n) is 16.2. The number of ether oxygens (including phenoxy) is 2. The minimum Gasteiger partial charge on any atom is -0.481 e. The van der Waals surface area contributed by atoms with Crippen LogP contribution in [-0.4, -0.2) is 48.2 Å². The van der Waals surface area contributed by atoms with E-state index in [2.05, 4.69) is 27.9 Å². The van der Waals surface area contributed by atoms with Gasteiger partial charge in [-0.2, -0.15) is 0 Å². The molecule has 0 atom stereocenters. The summed E-state index contributed by atoms with van der Waals surface area (Å²) in [7, 11) is 1.56. The molecule has 0 spiro atoms. The second-order valence-electron chi connectivity index (χ2n) is 7.07. The monoisotopic (exact) mass is 399 g/mol. The third kappa shape index (κ3) is 3.97. The van der Waals surface area contributed by atoms with Crippen LogP contribution in [0.15, 0.2) is 30.5 Å². The standard InChI is InChI=1S/C21H25N3O3S/c1-14-11-16-12-18(20(25)15-3-4-19(26-2)23-13-15)28-21(16)24(14)8-7-22-17-5-9-27-10-6-17/h3-4,11-13,17,22H,5-10H2,1-2H3. The highest BCUT2D eigenvalue weighted by Gasteiger charge is 2.17. The number of carbonyl (C=O) groups is 1. The Morgan fingerprint density at radius 1 is 1.36 bits per heavy atom. The Bertz CT molecular complexity index is 955. The molecule has 0 bridgehead atoms. The summed E-state index contributed by atoms with van der Waals surface area (Å²) in [5, 5.41) is 4.76. The number of nitrogens with zero attached hydrogens (tertiary/aromatic N) is 2. The maximum Gasteiger partial charge on any atom is 0.212 e. The van der Waals surface area contributed by atoms with E-state index >= 15 is 0 Å². The number of aromatic nitrogens is 2. The quantitative estimate of drug-likeness (QED) is 0.617. The smallest absolute Gasteiger partial charge is 0.212 e. The molecule has 148 valence electrons. The molecule has 3 aromatic rings. The van der Waals surface area contributed by atoms with Crippen LogP contribution in [0.4, 0.5) is 0 Å². The van der Waals surface area contributed by atoms with Gasteiger partial charge in [0.05, 0.1) is 12.0 Å². The summed E-state index contributed by atoms with van der Waals surface area (Å²) in [6.45, 7) is 5.63. The van der Waals surface area contributed by atoms with Crippen molar-refractivity contribution in [3.8, 4) is 5.88 Å². The van der Waals surface area contributed by atoms with Crippen LogP contribution in [0.25, 0.3) is 10.2 Å². The van der Waals surface area contributed by atoms with Crippen molar-refractivity contribution in [1.29, 1.82) is 0 Å². The Hall–Kier alpha value is -2.22. The first-order valence-electron chi connectivity index (χ1n) is 9.61. The lowest BCUT2D eigenvalue weighted by Gasteiger charge is -2.23. The summed E-state index contributed by atoms with van der Waals surface area (Å²) in [4.78, 5) is 18.9. The van der Waals surface area contributed by atoms with E-state index < -0.39 is 0 Å². The van der Waals surface area contributed by atoms with E-state index in [1.807, 2.05) is 6.07 Å². The van der Waals surface area contributed by atoms with Gasteiger partial charge in [0.25, 0.3) is 0 Å². The van der Waals surface area contributed by atoms with E-state index in [4.69, 9.17) is 9.47 Å². The molecule has 1 fully saturated rings. The van der Waals surface area contributed by atoms with Gasteiger partial charge in [0, 0.05) is 61.3 Å². The van der Waals surface area contributed by atoms with Crippen LogP contribution < -0.4 is 10.1 Å². The van der Waals surface area contributed by atoms with Crippen LogP contribution >= 0.6 is 11.3 Å². The number of thiophene rings is 1. The average Bonchev–Trinajstić information content (AvgIpc) is 3.26. The highest BCUT2D eigenvalue weighted by atomic mass is 32.1. The first-order valence-corrected chi connectivity index (χ1v) is 10.4. The number of rotatable bonds is 7. The average molecular weight is 400 g/mol. The number of carbonyl (C=O) groups excluding carboxylic acids is 1. The van der Waals surface area contributed by atoms with Crippen molar-refractivity contribution >= 4 is 27.3 Å². The normalized spacial score (nSPS) is 15.2. The first kappa shape index (κ1) is 19.1. The van der Waals surface area contributed by atoms with Gasteiger partial charge in [-0.05, 0) is 38.0 Å². The molecule has 4 rings (SSSR count). The Morgan fingerprint density at radius 3 is 2.89 bits per heavy atom. The third-order valence-corrected chi connectivity index (χ3v) is 6.37. The van der Waals surface area contributed by atoms with Crippen molar-refractivity contribution in [3.05, 3.63) is 46.6 Å². The van der Waals surface area contributed by atoms with Crippen LogP contribution in [0.1, 0.15) is 33.8 Å². The zero-order chi connectivity index (χ0) is 19.5. The van der Waals surface area contributed by atoms with Crippen LogP contribution in [0.2, 0.25) is 0 Å². The minimum atomic E-state index is 0.000821. The molecular weight excluding hydrogens is 374 g/mol. The molecule has 4 heterocycles. The number of pyridine rings is 1. The maximum atomic E-state index is 12.8. The van der Waals surface area contributed by atoms with Gasteiger partial charge in [0.15, 0.2) is 0 Å². The van der Waals surface area contributed by atoms with E-state index in [1.165, 1.54) is 5.69 Å². The molecule has 0 saturated carbocycles. The molecule has 1 N–H and O–H groups in total. The predicted molar refractivity (Wildman–Crippen MR) is 111 cm³/mol. The van der Waals surface area contributed by atoms with Gasteiger partial charge in [-0.1, -0.05) is 0 Å². The molecule has 0 aliphatic carbocycles. The van der Waals surface area contributed by atoms with Crippen molar-refractivity contribution in [2.45, 2.75) is 32.4 Å². The maximum absolute atomic E-state index is 12.8. The van der Waals surface area contributed by atoms with E-state index in [9.17, 15) is 4.79 Å². The summed E-state index contributed by atoms with van der Waals surface area (Å²) in [5.41, 5.74) is 1.80. The summed E-state index contributed by atoms with van der Waals surface area (Å²) in [6.07, 6.45) is 3.73. The van der Waals surface area contributed by atoms with Crippen molar-refractivity contribution < 1.29 is 14.3 Å². The summed E-state index contributed by atoms with van der Waals surface area (Å²) < 4.78 is 12.8. The Labute approximate surface area is 168 Å². The molecule has 3 aromatic heterocycles. The fraction of sp³-hybridized carbons (Fsp3) is 0.429. The number of methoxy groups -OCH3 is 1. The van der Waals surface area contributed by atoms with E-state index in [0.29, 0.717) is 17.5 Å². The molecule has 6 nitrogen and oxygen atoms in total. The van der Waals surface area contributed by atoms with Crippen molar-refractivity contribution in [3.63, 3.8) is 0 Å². The summed E-state index contributed by atoms with van der Waals surface area (Å²) in [6, 6.07) is 8.16. The van der Waals surface area contributed by atoms with Gasteiger partial charge < -0.3 is 19.4 Å². The van der Waals surface area contributed by atoms with Crippen molar-refractivity contribution in [1.82, 2.24) is 14.9 Å². The SMILES string of the molecule is COc1ccc(C(=O)c2cc3cc(C)n(CCNC4CCOCC4)c3s2)cn1. The van der Waals surface area contributed by atoms with Crippen LogP contribution in [0.3, 0.4) is 0 Å². The lowest BCUT2D eigenvalue weighted by atomic mass is 10.1. The molecule has 0 unspecified atom stereocenters. The van der Waals surface area contributed by atoms with Crippen molar-refractivity contribution in [2.75, 3.05) is 26.9 Å². The summed E-state index contributed by atoms with van der Waals surface area (Å²) >= 11 is 1.55. The topological polar surface area (TPSA) is 65.4 Å². The van der Waals surface area contributed by atoms with E-state index in [-0.39, 0.29) is 5.78 Å². The van der Waals surface area contributed by atoms with Gasteiger partial charge in [-0.3, -0.25) is 4.79 Å². The number of fused-ring (bicyclic) bond motifs is 1. The fourth-order valence-corrected chi connectivity index (χ4v) is 4.81. The van der Waals surface area contributed by atoms with E-state index in [1.54, 1.807) is 36.8 Å². The summed E-state index contributed by atoms with van der Waals surface area (Å²) in [5.74, 6) is 0.507. The van der Waals surface area contributed by atoms with Gasteiger partial charge in [-0.15, -0.1) is 11.3 Å². The van der Waals surface area contributed by atoms with Crippen LogP contribution in [0, 0.1) is 6.92 Å². The Morgan fingerprint density at radius 2 is 2.18 bits per heavy atom. The largest absolute Gasteiger partial charge is 0.481 e. The molecule has 1 saturated heterocycles.